The van der Waals surface area contributed by atoms with Crippen LogP contribution in [-0.2, 0) is 16.6 Å². The molecule has 26 heavy (non-hydrogen) atoms. The van der Waals surface area contributed by atoms with Gasteiger partial charge in [0.05, 0.1) is 24.0 Å². The van der Waals surface area contributed by atoms with E-state index in [0.29, 0.717) is 12.1 Å². The molecule has 2 N–H and O–H groups in total. The fourth-order valence-corrected chi connectivity index (χ4v) is 3.48. The number of carboxylic acids is 1. The molecule has 2 aromatic carbocycles. The van der Waals surface area contributed by atoms with E-state index in [4.69, 9.17) is 5.11 Å². The summed E-state index contributed by atoms with van der Waals surface area (Å²) in [6.07, 6.45) is 2.70. The van der Waals surface area contributed by atoms with E-state index in [1.165, 1.54) is 29.2 Å². The molecule has 3 rings (SSSR count). The Morgan fingerprint density at radius 2 is 1.92 bits per heavy atom. The molecule has 0 aliphatic rings. The highest BCUT2D eigenvalue weighted by molar-refractivity contribution is 7.92. The van der Waals surface area contributed by atoms with Crippen molar-refractivity contribution in [1.29, 1.82) is 0 Å². The lowest BCUT2D eigenvalue weighted by Crippen LogP contribution is -2.14. The summed E-state index contributed by atoms with van der Waals surface area (Å²) >= 11 is 0. The standard InChI is InChI=1S/C18H17N3O4S/c1-13-7-8-15(18(22)23)9-17(13)20-26(24,25)16-10-19-21(12-16)11-14-5-3-2-4-6-14/h2-10,12,20H,11H2,1H3,(H,22,23). The number of aromatic nitrogens is 2. The van der Waals surface area contributed by atoms with E-state index in [-0.39, 0.29) is 16.1 Å². The molecule has 0 bridgehead atoms. The van der Waals surface area contributed by atoms with Crippen molar-refractivity contribution in [3.05, 3.63) is 77.6 Å². The molecular weight excluding hydrogens is 354 g/mol. The van der Waals surface area contributed by atoms with Crippen LogP contribution >= 0.6 is 0 Å². The highest BCUT2D eigenvalue weighted by atomic mass is 32.2. The van der Waals surface area contributed by atoms with Gasteiger partial charge >= 0.3 is 5.97 Å². The van der Waals surface area contributed by atoms with Crippen molar-refractivity contribution in [3.63, 3.8) is 0 Å². The maximum absolute atomic E-state index is 12.6. The Balaban J connectivity index is 1.83. The van der Waals surface area contributed by atoms with Crippen LogP contribution in [-0.4, -0.2) is 29.3 Å². The van der Waals surface area contributed by atoms with E-state index >= 15 is 0 Å². The van der Waals surface area contributed by atoms with Crippen LogP contribution in [0.3, 0.4) is 0 Å². The number of rotatable bonds is 6. The quantitative estimate of drug-likeness (QED) is 0.694. The second-order valence-electron chi connectivity index (χ2n) is 5.80. The van der Waals surface area contributed by atoms with Crippen molar-refractivity contribution in [3.8, 4) is 0 Å². The zero-order valence-corrected chi connectivity index (χ0v) is 14.8. The van der Waals surface area contributed by atoms with Crippen LogP contribution in [0.15, 0.2) is 65.8 Å². The number of carboxylic acid groups (broad SMARTS) is 1. The molecule has 0 saturated carbocycles. The molecule has 3 aromatic rings. The van der Waals surface area contributed by atoms with Gasteiger partial charge in [0, 0.05) is 6.20 Å². The van der Waals surface area contributed by atoms with E-state index in [1.54, 1.807) is 13.0 Å². The molecule has 0 aliphatic carbocycles. The van der Waals surface area contributed by atoms with E-state index in [2.05, 4.69) is 9.82 Å². The van der Waals surface area contributed by atoms with Crippen LogP contribution in [0.1, 0.15) is 21.5 Å². The predicted molar refractivity (Wildman–Crippen MR) is 96.7 cm³/mol. The van der Waals surface area contributed by atoms with Gasteiger partial charge in [-0.05, 0) is 30.2 Å². The molecule has 0 spiro atoms. The van der Waals surface area contributed by atoms with Crippen molar-refractivity contribution in [1.82, 2.24) is 9.78 Å². The number of hydrogen-bond donors (Lipinski definition) is 2. The summed E-state index contributed by atoms with van der Waals surface area (Å²) in [5.74, 6) is -1.12. The van der Waals surface area contributed by atoms with Crippen molar-refractivity contribution < 1.29 is 18.3 Å². The summed E-state index contributed by atoms with van der Waals surface area (Å²) in [5.41, 5.74) is 1.85. The van der Waals surface area contributed by atoms with Gasteiger partial charge in [0.2, 0.25) is 0 Å². The normalized spacial score (nSPS) is 11.3. The van der Waals surface area contributed by atoms with E-state index in [1.807, 2.05) is 30.3 Å². The number of carbonyl (C=O) groups is 1. The lowest BCUT2D eigenvalue weighted by molar-refractivity contribution is 0.0697. The average Bonchev–Trinajstić information content (AvgIpc) is 3.07. The largest absolute Gasteiger partial charge is 0.478 e. The molecule has 1 heterocycles. The summed E-state index contributed by atoms with van der Waals surface area (Å²) in [7, 11) is -3.88. The van der Waals surface area contributed by atoms with E-state index in [0.717, 1.165) is 5.56 Å². The Morgan fingerprint density at radius 3 is 2.62 bits per heavy atom. The van der Waals surface area contributed by atoms with Crippen molar-refractivity contribution >= 4 is 21.7 Å². The minimum Gasteiger partial charge on any atom is -0.478 e. The zero-order valence-electron chi connectivity index (χ0n) is 14.0. The first-order valence-corrected chi connectivity index (χ1v) is 9.26. The van der Waals surface area contributed by atoms with Gasteiger partial charge in [-0.25, -0.2) is 13.2 Å². The van der Waals surface area contributed by atoms with Crippen LogP contribution in [0.25, 0.3) is 0 Å². The van der Waals surface area contributed by atoms with Gasteiger partial charge in [0.15, 0.2) is 0 Å². The van der Waals surface area contributed by atoms with Crippen molar-refractivity contribution in [2.45, 2.75) is 18.4 Å². The van der Waals surface area contributed by atoms with Crippen LogP contribution in [0.5, 0.6) is 0 Å². The number of nitrogens with zero attached hydrogens (tertiary/aromatic N) is 2. The molecule has 7 nitrogen and oxygen atoms in total. The molecule has 1 aromatic heterocycles. The topological polar surface area (TPSA) is 101 Å². The lowest BCUT2D eigenvalue weighted by Gasteiger charge is -2.10. The highest BCUT2D eigenvalue weighted by Gasteiger charge is 2.18. The first-order chi connectivity index (χ1) is 12.3. The summed E-state index contributed by atoms with van der Waals surface area (Å²) in [6.45, 7) is 2.15. The van der Waals surface area contributed by atoms with Gasteiger partial charge in [0.1, 0.15) is 4.90 Å². The molecule has 0 aliphatic heterocycles. The Bertz CT molecular complexity index is 1040. The highest BCUT2D eigenvalue weighted by Crippen LogP contribution is 2.21. The smallest absolute Gasteiger partial charge is 0.335 e. The zero-order chi connectivity index (χ0) is 18.7. The minimum atomic E-state index is -3.88. The van der Waals surface area contributed by atoms with Gasteiger partial charge in [-0.2, -0.15) is 5.10 Å². The lowest BCUT2D eigenvalue weighted by atomic mass is 10.1. The summed E-state index contributed by atoms with van der Waals surface area (Å²) in [4.78, 5) is 11.1. The van der Waals surface area contributed by atoms with Gasteiger partial charge in [-0.15, -0.1) is 0 Å². The molecule has 0 unspecified atom stereocenters. The molecule has 134 valence electrons. The van der Waals surface area contributed by atoms with Crippen LogP contribution in [0.4, 0.5) is 5.69 Å². The Hall–Kier alpha value is -3.13. The first-order valence-electron chi connectivity index (χ1n) is 7.78. The fourth-order valence-electron chi connectivity index (χ4n) is 2.41. The first kappa shape index (κ1) is 17.7. The Morgan fingerprint density at radius 1 is 1.19 bits per heavy atom. The number of sulfonamides is 1. The number of aromatic carboxylic acids is 1. The Labute approximate surface area is 151 Å². The SMILES string of the molecule is Cc1ccc(C(=O)O)cc1NS(=O)(=O)c1cnn(Cc2ccccc2)c1. The van der Waals surface area contributed by atoms with Gasteiger partial charge in [0.25, 0.3) is 10.0 Å². The Kier molecular flexibility index (Phi) is 4.77. The second kappa shape index (κ2) is 7.01. The monoisotopic (exact) mass is 371 g/mol. The maximum Gasteiger partial charge on any atom is 0.335 e. The summed E-state index contributed by atoms with van der Waals surface area (Å²) < 4.78 is 29.1. The molecule has 0 amide bonds. The second-order valence-corrected chi connectivity index (χ2v) is 7.48. The van der Waals surface area contributed by atoms with E-state index < -0.39 is 16.0 Å². The van der Waals surface area contributed by atoms with Crippen LogP contribution < -0.4 is 4.72 Å². The number of benzene rings is 2. The average molecular weight is 371 g/mol. The number of anilines is 1. The van der Waals surface area contributed by atoms with Gasteiger partial charge < -0.3 is 5.11 Å². The van der Waals surface area contributed by atoms with Crippen molar-refractivity contribution in [2.75, 3.05) is 4.72 Å². The maximum atomic E-state index is 12.6. The molecule has 8 heteroatoms. The molecule has 0 atom stereocenters. The molecule has 0 radical (unpaired) electrons. The number of aryl methyl sites for hydroxylation is 1. The third-order valence-electron chi connectivity index (χ3n) is 3.84. The molecule has 0 saturated heterocycles. The number of hydrogen-bond acceptors (Lipinski definition) is 4. The number of nitrogens with one attached hydrogen (secondary N) is 1. The fraction of sp³-hybridized carbons (Fsp3) is 0.111. The summed E-state index contributed by atoms with van der Waals surface area (Å²) in [6, 6.07) is 13.8. The third kappa shape index (κ3) is 3.92. The predicted octanol–water partition coefficient (Wildman–Crippen LogP) is 2.74. The summed E-state index contributed by atoms with van der Waals surface area (Å²) in [5, 5.41) is 13.2. The van der Waals surface area contributed by atoms with Gasteiger partial charge in [-0.1, -0.05) is 36.4 Å². The third-order valence-corrected chi connectivity index (χ3v) is 5.16. The molecular formula is C18H17N3O4S. The van der Waals surface area contributed by atoms with Crippen molar-refractivity contribution in [2.24, 2.45) is 0 Å². The van der Waals surface area contributed by atoms with Crippen LogP contribution in [0, 0.1) is 6.92 Å². The molecule has 0 fully saturated rings. The minimum absolute atomic E-state index is 0.00747. The van der Waals surface area contributed by atoms with E-state index in [9.17, 15) is 13.2 Å². The van der Waals surface area contributed by atoms with Gasteiger partial charge in [-0.3, -0.25) is 9.40 Å². The van der Waals surface area contributed by atoms with Crippen LogP contribution in [0.2, 0.25) is 0 Å².